The predicted molar refractivity (Wildman–Crippen MR) is 63.2 cm³/mol. The van der Waals surface area contributed by atoms with Gasteiger partial charge < -0.3 is 9.30 Å². The lowest BCUT2D eigenvalue weighted by Crippen LogP contribution is -2.07. The van der Waals surface area contributed by atoms with E-state index in [4.69, 9.17) is 4.74 Å². The van der Waals surface area contributed by atoms with Crippen molar-refractivity contribution in [2.45, 2.75) is 13.3 Å². The van der Waals surface area contributed by atoms with Crippen molar-refractivity contribution in [1.29, 1.82) is 0 Å². The van der Waals surface area contributed by atoms with Crippen LogP contribution >= 0.6 is 0 Å². The van der Waals surface area contributed by atoms with Gasteiger partial charge in [0.1, 0.15) is 5.82 Å². The molecule has 0 radical (unpaired) electrons. The molecule has 2 aromatic rings. The molecule has 0 aliphatic rings. The number of ether oxygens (including phenoxy) is 1. The van der Waals surface area contributed by atoms with Gasteiger partial charge in [-0.15, -0.1) is 0 Å². The maximum Gasteiger partial charge on any atom is 0.310 e. The summed E-state index contributed by atoms with van der Waals surface area (Å²) in [5, 5.41) is 0.764. The second-order valence-electron chi connectivity index (χ2n) is 3.91. The van der Waals surface area contributed by atoms with Crippen LogP contribution in [0.5, 0.6) is 0 Å². The van der Waals surface area contributed by atoms with Crippen molar-refractivity contribution < 1.29 is 13.9 Å². The molecule has 17 heavy (non-hydrogen) atoms. The standard InChI is InChI=1S/C13H14FNO2/c1-3-17-13(16)6-9-8-15(2)12-5-4-10(14)7-11(9)12/h4-5,7-8H,3,6H2,1-2H3. The van der Waals surface area contributed by atoms with Gasteiger partial charge in [-0.3, -0.25) is 4.79 Å². The fourth-order valence-electron chi connectivity index (χ4n) is 1.95. The zero-order chi connectivity index (χ0) is 12.4. The summed E-state index contributed by atoms with van der Waals surface area (Å²) in [7, 11) is 1.87. The van der Waals surface area contributed by atoms with E-state index in [0.717, 1.165) is 16.5 Å². The Hall–Kier alpha value is -1.84. The first-order chi connectivity index (χ1) is 8.11. The van der Waals surface area contributed by atoms with E-state index in [2.05, 4.69) is 0 Å². The molecular weight excluding hydrogens is 221 g/mol. The van der Waals surface area contributed by atoms with Crippen molar-refractivity contribution in [2.24, 2.45) is 7.05 Å². The number of benzene rings is 1. The number of nitrogens with zero attached hydrogens (tertiary/aromatic N) is 1. The Balaban J connectivity index is 2.40. The van der Waals surface area contributed by atoms with E-state index < -0.39 is 0 Å². The molecule has 0 aliphatic carbocycles. The molecule has 1 aromatic heterocycles. The van der Waals surface area contributed by atoms with Crippen molar-refractivity contribution in [2.75, 3.05) is 6.61 Å². The summed E-state index contributed by atoms with van der Waals surface area (Å²) >= 11 is 0. The van der Waals surface area contributed by atoms with Crippen LogP contribution in [0.1, 0.15) is 12.5 Å². The van der Waals surface area contributed by atoms with Crippen molar-refractivity contribution in [3.8, 4) is 0 Å². The molecule has 3 nitrogen and oxygen atoms in total. The van der Waals surface area contributed by atoms with E-state index in [1.807, 2.05) is 17.8 Å². The van der Waals surface area contributed by atoms with Crippen molar-refractivity contribution >= 4 is 16.9 Å². The zero-order valence-corrected chi connectivity index (χ0v) is 9.87. The van der Waals surface area contributed by atoms with E-state index in [1.165, 1.54) is 12.1 Å². The normalized spacial score (nSPS) is 10.8. The molecule has 0 spiro atoms. The van der Waals surface area contributed by atoms with Crippen LogP contribution in [0, 0.1) is 5.82 Å². The third kappa shape index (κ3) is 2.30. The van der Waals surface area contributed by atoms with E-state index in [1.54, 1.807) is 13.0 Å². The molecule has 1 heterocycles. The lowest BCUT2D eigenvalue weighted by molar-refractivity contribution is -0.142. The van der Waals surface area contributed by atoms with Gasteiger partial charge >= 0.3 is 5.97 Å². The molecule has 0 amide bonds. The molecular formula is C13H14FNO2. The van der Waals surface area contributed by atoms with E-state index in [-0.39, 0.29) is 18.2 Å². The Morgan fingerprint density at radius 1 is 1.47 bits per heavy atom. The maximum atomic E-state index is 13.2. The summed E-state index contributed by atoms with van der Waals surface area (Å²) in [5.41, 5.74) is 1.70. The third-order valence-electron chi connectivity index (χ3n) is 2.67. The van der Waals surface area contributed by atoms with Gasteiger partial charge in [-0.05, 0) is 30.7 Å². The third-order valence-corrected chi connectivity index (χ3v) is 2.67. The van der Waals surface area contributed by atoms with Crippen LogP contribution < -0.4 is 0 Å². The van der Waals surface area contributed by atoms with E-state index in [0.29, 0.717) is 6.61 Å². The molecule has 0 atom stereocenters. The first-order valence-electron chi connectivity index (χ1n) is 5.51. The van der Waals surface area contributed by atoms with E-state index >= 15 is 0 Å². The van der Waals surface area contributed by atoms with E-state index in [9.17, 15) is 9.18 Å². The van der Waals surface area contributed by atoms with Crippen LogP contribution in [0.4, 0.5) is 4.39 Å². The van der Waals surface area contributed by atoms with Gasteiger partial charge in [0.25, 0.3) is 0 Å². The number of hydrogen-bond donors (Lipinski definition) is 0. The number of carbonyl (C=O) groups is 1. The lowest BCUT2D eigenvalue weighted by atomic mass is 10.1. The van der Waals surface area contributed by atoms with Gasteiger partial charge in [0, 0.05) is 24.1 Å². The second kappa shape index (κ2) is 4.57. The van der Waals surface area contributed by atoms with Crippen LogP contribution in [0.3, 0.4) is 0 Å². The van der Waals surface area contributed by atoms with Crippen LogP contribution in [-0.4, -0.2) is 17.1 Å². The maximum absolute atomic E-state index is 13.2. The number of hydrogen-bond acceptors (Lipinski definition) is 2. The quantitative estimate of drug-likeness (QED) is 0.765. The van der Waals surface area contributed by atoms with Gasteiger partial charge in [0.15, 0.2) is 0 Å². The smallest absolute Gasteiger partial charge is 0.310 e. The SMILES string of the molecule is CCOC(=O)Cc1cn(C)c2ccc(F)cc12. The molecule has 0 aliphatic heterocycles. The fourth-order valence-corrected chi connectivity index (χ4v) is 1.95. The number of carbonyl (C=O) groups excluding carboxylic acids is 1. The fraction of sp³-hybridized carbons (Fsp3) is 0.308. The second-order valence-corrected chi connectivity index (χ2v) is 3.91. The monoisotopic (exact) mass is 235 g/mol. The van der Waals surface area contributed by atoms with Crippen LogP contribution in [0.25, 0.3) is 10.9 Å². The van der Waals surface area contributed by atoms with Crippen molar-refractivity contribution in [3.05, 3.63) is 35.8 Å². The Morgan fingerprint density at radius 2 is 2.24 bits per heavy atom. The number of rotatable bonds is 3. The summed E-state index contributed by atoms with van der Waals surface area (Å²) in [6, 6.07) is 4.57. The minimum atomic E-state index is -0.297. The van der Waals surface area contributed by atoms with Crippen LogP contribution in [0.15, 0.2) is 24.4 Å². The molecule has 0 saturated carbocycles. The van der Waals surface area contributed by atoms with Gasteiger partial charge in [0.05, 0.1) is 13.0 Å². The Labute approximate surface area is 98.8 Å². The van der Waals surface area contributed by atoms with Gasteiger partial charge in [-0.25, -0.2) is 4.39 Å². The highest BCUT2D eigenvalue weighted by Gasteiger charge is 2.11. The summed E-state index contributed by atoms with van der Waals surface area (Å²) in [5.74, 6) is -0.585. The topological polar surface area (TPSA) is 31.2 Å². The molecule has 0 bridgehead atoms. The Kier molecular flexibility index (Phi) is 3.13. The number of esters is 1. The average molecular weight is 235 g/mol. The highest BCUT2D eigenvalue weighted by molar-refractivity contribution is 5.87. The molecule has 2 rings (SSSR count). The van der Waals surface area contributed by atoms with Gasteiger partial charge in [0.2, 0.25) is 0 Å². The molecule has 1 aromatic carbocycles. The Morgan fingerprint density at radius 3 is 2.94 bits per heavy atom. The van der Waals surface area contributed by atoms with Crippen LogP contribution in [0.2, 0.25) is 0 Å². The number of aryl methyl sites for hydroxylation is 1. The first kappa shape index (κ1) is 11.6. The molecule has 0 saturated heterocycles. The van der Waals surface area contributed by atoms with Crippen molar-refractivity contribution in [1.82, 2.24) is 4.57 Å². The molecule has 90 valence electrons. The average Bonchev–Trinajstić information content (AvgIpc) is 2.55. The predicted octanol–water partition coefficient (Wildman–Crippen LogP) is 2.42. The minimum absolute atomic E-state index is 0.175. The number of fused-ring (bicyclic) bond motifs is 1. The lowest BCUT2D eigenvalue weighted by Gasteiger charge is -2.00. The zero-order valence-electron chi connectivity index (χ0n) is 9.87. The highest BCUT2D eigenvalue weighted by Crippen LogP contribution is 2.22. The molecule has 0 unspecified atom stereocenters. The Bertz CT molecular complexity index is 560. The van der Waals surface area contributed by atoms with Crippen molar-refractivity contribution in [3.63, 3.8) is 0 Å². The molecule has 0 fully saturated rings. The molecule has 4 heteroatoms. The summed E-state index contributed by atoms with van der Waals surface area (Å²) in [4.78, 5) is 11.4. The number of halogens is 1. The number of aromatic nitrogens is 1. The summed E-state index contributed by atoms with van der Waals surface area (Å²) in [6.45, 7) is 2.12. The van der Waals surface area contributed by atoms with Gasteiger partial charge in [-0.2, -0.15) is 0 Å². The highest BCUT2D eigenvalue weighted by atomic mass is 19.1. The first-order valence-corrected chi connectivity index (χ1v) is 5.51. The van der Waals surface area contributed by atoms with Crippen LogP contribution in [-0.2, 0) is 23.0 Å². The van der Waals surface area contributed by atoms with Gasteiger partial charge in [-0.1, -0.05) is 0 Å². The largest absolute Gasteiger partial charge is 0.466 e. The molecule has 0 N–H and O–H groups in total. The minimum Gasteiger partial charge on any atom is -0.466 e. The summed E-state index contributed by atoms with van der Waals surface area (Å²) in [6.07, 6.45) is 2.01. The summed E-state index contributed by atoms with van der Waals surface area (Å²) < 4.78 is 20.0.